The third-order valence-electron chi connectivity index (χ3n) is 5.86. The van der Waals surface area contributed by atoms with Gasteiger partial charge in [-0.15, -0.1) is 0 Å². The van der Waals surface area contributed by atoms with Crippen molar-refractivity contribution in [3.05, 3.63) is 41.5 Å². The summed E-state index contributed by atoms with van der Waals surface area (Å²) in [6.45, 7) is 6.49. The van der Waals surface area contributed by atoms with Crippen LogP contribution in [0.3, 0.4) is 0 Å². The van der Waals surface area contributed by atoms with Gasteiger partial charge in [-0.05, 0) is 51.2 Å². The fraction of sp³-hybridized carbons (Fsp3) is 0.455. The maximum Gasteiger partial charge on any atom is 0.324 e. The molecule has 3 heterocycles. The number of hydrogen-bond acceptors (Lipinski definition) is 8. The predicted octanol–water partition coefficient (Wildman–Crippen LogP) is 2.12. The molecule has 2 aromatic heterocycles. The first-order valence-corrected chi connectivity index (χ1v) is 12.3. The Hall–Kier alpha value is -3.05. The summed E-state index contributed by atoms with van der Waals surface area (Å²) in [5.74, 6) is -0.202. The first-order valence-electron chi connectivity index (χ1n) is 10.9. The summed E-state index contributed by atoms with van der Waals surface area (Å²) in [6, 6.07) is 2.89. The molecule has 1 aromatic carbocycles. The van der Waals surface area contributed by atoms with Crippen molar-refractivity contribution in [1.82, 2.24) is 23.8 Å². The van der Waals surface area contributed by atoms with E-state index in [2.05, 4.69) is 15.0 Å². The summed E-state index contributed by atoms with van der Waals surface area (Å²) in [5, 5.41) is 0. The van der Waals surface area contributed by atoms with Gasteiger partial charge in [0.05, 0.1) is 17.8 Å². The number of nitrogens with two attached hydrogens (primary N) is 1. The van der Waals surface area contributed by atoms with Gasteiger partial charge in [0.1, 0.15) is 17.9 Å². The number of imidazole rings is 1. The highest BCUT2D eigenvalue weighted by Gasteiger charge is 2.41. The Kier molecular flexibility index (Phi) is 6.35. The molecule has 176 valence electrons. The molecule has 1 fully saturated rings. The fourth-order valence-electron chi connectivity index (χ4n) is 4.52. The van der Waals surface area contributed by atoms with Crippen LogP contribution in [0.5, 0.6) is 0 Å². The third kappa shape index (κ3) is 4.42. The van der Waals surface area contributed by atoms with E-state index in [1.165, 1.54) is 10.6 Å². The van der Waals surface area contributed by atoms with Crippen LogP contribution in [0.25, 0.3) is 11.2 Å². The van der Waals surface area contributed by atoms with Crippen LogP contribution in [0.15, 0.2) is 29.7 Å². The number of benzene rings is 1. The maximum atomic E-state index is 13.4. The Bertz CT molecular complexity index is 1280. The van der Waals surface area contributed by atoms with Crippen LogP contribution in [0, 0.1) is 20.8 Å². The number of nitrogens with zero attached hydrogens (tertiary/aromatic N) is 5. The molecule has 33 heavy (non-hydrogen) atoms. The molecule has 0 amide bonds. The average molecular weight is 473 g/mol. The van der Waals surface area contributed by atoms with Crippen LogP contribution in [0.1, 0.15) is 36.0 Å². The molecular weight excluding hydrogens is 444 g/mol. The number of carbonyl (C=O) groups is 1. The smallest absolute Gasteiger partial charge is 0.324 e. The van der Waals surface area contributed by atoms with Crippen molar-refractivity contribution in [1.29, 1.82) is 0 Å². The molecule has 3 aromatic rings. The van der Waals surface area contributed by atoms with Crippen molar-refractivity contribution in [2.45, 2.75) is 57.5 Å². The summed E-state index contributed by atoms with van der Waals surface area (Å²) in [4.78, 5) is 25.4. The van der Waals surface area contributed by atoms with Gasteiger partial charge in [0.25, 0.3) is 0 Å². The van der Waals surface area contributed by atoms with Crippen molar-refractivity contribution in [3.8, 4) is 0 Å². The third-order valence-corrected chi connectivity index (χ3v) is 8.08. The molecule has 1 aliphatic heterocycles. The van der Waals surface area contributed by atoms with Gasteiger partial charge in [-0.1, -0.05) is 17.7 Å². The van der Waals surface area contributed by atoms with Gasteiger partial charge in [-0.3, -0.25) is 4.79 Å². The van der Waals surface area contributed by atoms with Crippen LogP contribution in [0.4, 0.5) is 5.82 Å². The Balaban J connectivity index is 1.40. The number of aromatic nitrogens is 4. The summed E-state index contributed by atoms with van der Waals surface area (Å²) in [6.07, 6.45) is 4.59. The highest BCUT2D eigenvalue weighted by molar-refractivity contribution is 7.89. The molecule has 10 nitrogen and oxygen atoms in total. The van der Waals surface area contributed by atoms with E-state index in [-0.39, 0.29) is 11.5 Å². The Morgan fingerprint density at radius 3 is 2.64 bits per heavy atom. The van der Waals surface area contributed by atoms with Gasteiger partial charge in [0, 0.05) is 13.1 Å². The molecular formula is C22H28N6O4S. The fourth-order valence-corrected chi connectivity index (χ4v) is 6.58. The molecule has 1 unspecified atom stereocenters. The number of rotatable bonds is 7. The second kappa shape index (κ2) is 9.06. The minimum atomic E-state index is -3.81. The van der Waals surface area contributed by atoms with Crippen LogP contribution in [-0.4, -0.2) is 57.4 Å². The lowest BCUT2D eigenvalue weighted by Crippen LogP contribution is -2.42. The summed E-state index contributed by atoms with van der Waals surface area (Å²) < 4.78 is 35.4. The average Bonchev–Trinajstić information content (AvgIpc) is 3.39. The standard InChI is InChI=1S/C22H28N6O4S/c1-14-10-15(2)19(16(3)11-14)33(30,31)28-8-4-6-17(28)22(29)32-9-5-7-27-13-26-18-20(23)24-12-25-21(18)27/h10-13,17H,4-9H2,1-3H3,(H2,23,24,25). The zero-order chi connectivity index (χ0) is 23.8. The number of aryl methyl sites for hydroxylation is 4. The highest BCUT2D eigenvalue weighted by atomic mass is 32.2. The number of carbonyl (C=O) groups excluding carboxylic acids is 1. The van der Waals surface area contributed by atoms with Crippen LogP contribution in [-0.2, 0) is 26.1 Å². The molecule has 1 aliphatic rings. The van der Waals surface area contributed by atoms with E-state index in [0.717, 1.165) is 5.56 Å². The SMILES string of the molecule is Cc1cc(C)c(S(=O)(=O)N2CCCC2C(=O)OCCCn2cnc3c(N)ncnc32)c(C)c1. The number of hydrogen-bond donors (Lipinski definition) is 1. The second-order valence-corrected chi connectivity index (χ2v) is 10.2. The van der Waals surface area contributed by atoms with Crippen molar-refractivity contribution in [2.75, 3.05) is 18.9 Å². The number of fused-ring (bicyclic) bond motifs is 1. The second-order valence-electron chi connectivity index (χ2n) is 8.39. The van der Waals surface area contributed by atoms with E-state index in [9.17, 15) is 13.2 Å². The quantitative estimate of drug-likeness (QED) is 0.408. The predicted molar refractivity (Wildman–Crippen MR) is 123 cm³/mol. The van der Waals surface area contributed by atoms with E-state index < -0.39 is 22.0 Å². The number of sulfonamides is 1. The summed E-state index contributed by atoms with van der Waals surface area (Å²) in [7, 11) is -3.81. The molecule has 1 saturated heterocycles. The Morgan fingerprint density at radius 1 is 1.18 bits per heavy atom. The number of anilines is 1. The molecule has 4 rings (SSSR count). The van der Waals surface area contributed by atoms with Crippen molar-refractivity contribution < 1.29 is 17.9 Å². The molecule has 0 aliphatic carbocycles. The van der Waals surface area contributed by atoms with Crippen LogP contribution >= 0.6 is 0 Å². The minimum absolute atomic E-state index is 0.159. The largest absolute Gasteiger partial charge is 0.464 e. The van der Waals surface area contributed by atoms with Crippen LogP contribution < -0.4 is 5.73 Å². The van der Waals surface area contributed by atoms with Crippen molar-refractivity contribution in [2.24, 2.45) is 0 Å². The van der Waals surface area contributed by atoms with Gasteiger partial charge in [0.2, 0.25) is 10.0 Å². The summed E-state index contributed by atoms with van der Waals surface area (Å²) >= 11 is 0. The van der Waals surface area contributed by atoms with Gasteiger partial charge >= 0.3 is 5.97 Å². The lowest BCUT2D eigenvalue weighted by Gasteiger charge is -2.24. The van der Waals surface area contributed by atoms with Gasteiger partial charge < -0.3 is 15.0 Å². The molecule has 0 spiro atoms. The van der Waals surface area contributed by atoms with E-state index in [4.69, 9.17) is 10.5 Å². The number of nitrogen functional groups attached to an aromatic ring is 1. The number of esters is 1. The lowest BCUT2D eigenvalue weighted by molar-refractivity contribution is -0.147. The maximum absolute atomic E-state index is 13.4. The summed E-state index contributed by atoms with van der Waals surface area (Å²) in [5.41, 5.74) is 9.32. The van der Waals surface area contributed by atoms with E-state index in [1.54, 1.807) is 20.2 Å². The van der Waals surface area contributed by atoms with E-state index in [1.807, 2.05) is 23.6 Å². The minimum Gasteiger partial charge on any atom is -0.464 e. The first kappa shape index (κ1) is 23.1. The molecule has 0 bridgehead atoms. The van der Waals surface area contributed by atoms with E-state index in [0.29, 0.717) is 60.5 Å². The molecule has 2 N–H and O–H groups in total. The normalized spacial score (nSPS) is 17.0. The topological polar surface area (TPSA) is 133 Å². The molecule has 11 heteroatoms. The van der Waals surface area contributed by atoms with Gasteiger partial charge in [-0.2, -0.15) is 4.31 Å². The zero-order valence-corrected chi connectivity index (χ0v) is 19.8. The van der Waals surface area contributed by atoms with Crippen molar-refractivity contribution >= 4 is 33.0 Å². The van der Waals surface area contributed by atoms with Crippen molar-refractivity contribution in [3.63, 3.8) is 0 Å². The highest BCUT2D eigenvalue weighted by Crippen LogP contribution is 2.31. The number of ether oxygens (including phenoxy) is 1. The lowest BCUT2D eigenvalue weighted by atomic mass is 10.1. The monoisotopic (exact) mass is 472 g/mol. The van der Waals surface area contributed by atoms with Gasteiger partial charge in [-0.25, -0.2) is 23.4 Å². The van der Waals surface area contributed by atoms with Gasteiger partial charge in [0.15, 0.2) is 11.5 Å². The Morgan fingerprint density at radius 2 is 1.91 bits per heavy atom. The molecule has 1 atom stereocenters. The first-order chi connectivity index (χ1) is 15.7. The Labute approximate surface area is 192 Å². The molecule has 0 radical (unpaired) electrons. The van der Waals surface area contributed by atoms with E-state index >= 15 is 0 Å². The van der Waals surface area contributed by atoms with Crippen LogP contribution in [0.2, 0.25) is 0 Å². The zero-order valence-electron chi connectivity index (χ0n) is 19.0. The molecule has 0 saturated carbocycles.